The van der Waals surface area contributed by atoms with E-state index in [1.807, 2.05) is 19.1 Å². The third kappa shape index (κ3) is 4.91. The zero-order chi connectivity index (χ0) is 16.1. The molecule has 0 radical (unpaired) electrons. The number of hydrogen-bond donors (Lipinski definition) is 2. The number of aryl methyl sites for hydroxylation is 1. The van der Waals surface area contributed by atoms with Crippen molar-refractivity contribution in [2.75, 3.05) is 38.2 Å². The van der Waals surface area contributed by atoms with E-state index in [0.29, 0.717) is 11.7 Å². The molecule has 1 unspecified atom stereocenters. The highest BCUT2D eigenvalue weighted by molar-refractivity contribution is 5.88. The molecule has 2 fully saturated rings. The number of carbonyl (C=O) groups is 1. The number of likely N-dealkylation sites (tertiary alicyclic amines) is 1. The summed E-state index contributed by atoms with van der Waals surface area (Å²) in [5.41, 5.74) is 1.08. The van der Waals surface area contributed by atoms with Crippen molar-refractivity contribution in [1.82, 2.24) is 15.2 Å². The molecule has 2 aliphatic heterocycles. The van der Waals surface area contributed by atoms with Crippen LogP contribution in [-0.4, -0.2) is 54.8 Å². The first kappa shape index (κ1) is 16.2. The van der Waals surface area contributed by atoms with Crippen molar-refractivity contribution in [3.05, 3.63) is 23.9 Å². The van der Waals surface area contributed by atoms with E-state index in [1.165, 1.54) is 6.42 Å². The predicted molar refractivity (Wildman–Crippen MR) is 89.5 cm³/mol. The molecular weight excluding hydrogens is 292 g/mol. The highest BCUT2D eigenvalue weighted by atomic mass is 16.5. The average molecular weight is 318 g/mol. The van der Waals surface area contributed by atoms with Gasteiger partial charge in [0.15, 0.2) is 0 Å². The van der Waals surface area contributed by atoms with Crippen LogP contribution in [0.25, 0.3) is 0 Å². The second kappa shape index (κ2) is 7.75. The fourth-order valence-electron chi connectivity index (χ4n) is 3.23. The van der Waals surface area contributed by atoms with Crippen molar-refractivity contribution in [3.63, 3.8) is 0 Å². The van der Waals surface area contributed by atoms with Crippen molar-refractivity contribution in [3.8, 4) is 0 Å². The lowest BCUT2D eigenvalue weighted by atomic mass is 10.0. The number of pyridine rings is 1. The maximum absolute atomic E-state index is 12.0. The molecule has 0 spiro atoms. The fraction of sp³-hybridized carbons (Fsp3) is 0.647. The molecule has 126 valence electrons. The van der Waals surface area contributed by atoms with Gasteiger partial charge in [0.25, 0.3) is 0 Å². The molecule has 2 aliphatic rings. The molecule has 6 nitrogen and oxygen atoms in total. The van der Waals surface area contributed by atoms with Gasteiger partial charge < -0.3 is 15.0 Å². The van der Waals surface area contributed by atoms with E-state index in [4.69, 9.17) is 4.74 Å². The molecule has 2 N–H and O–H groups in total. The Morgan fingerprint density at radius 3 is 2.83 bits per heavy atom. The first-order valence-electron chi connectivity index (χ1n) is 8.49. The number of ether oxygens (including phenoxy) is 1. The van der Waals surface area contributed by atoms with E-state index in [2.05, 4.69) is 20.5 Å². The molecular formula is C17H26N4O2. The normalized spacial score (nSPS) is 22.9. The molecule has 0 saturated carbocycles. The van der Waals surface area contributed by atoms with Crippen LogP contribution < -0.4 is 10.6 Å². The van der Waals surface area contributed by atoms with E-state index in [1.54, 1.807) is 6.20 Å². The van der Waals surface area contributed by atoms with Crippen LogP contribution in [0.5, 0.6) is 0 Å². The van der Waals surface area contributed by atoms with Gasteiger partial charge in [-0.1, -0.05) is 6.07 Å². The minimum absolute atomic E-state index is 0.163. The van der Waals surface area contributed by atoms with Gasteiger partial charge in [0.2, 0.25) is 0 Å². The number of rotatable bonds is 4. The summed E-state index contributed by atoms with van der Waals surface area (Å²) in [7, 11) is 0. The number of urea groups is 1. The molecule has 23 heavy (non-hydrogen) atoms. The van der Waals surface area contributed by atoms with Crippen molar-refractivity contribution >= 4 is 11.8 Å². The lowest BCUT2D eigenvalue weighted by Gasteiger charge is -2.33. The minimum Gasteiger partial charge on any atom is -0.381 e. The van der Waals surface area contributed by atoms with Gasteiger partial charge >= 0.3 is 6.03 Å². The zero-order valence-electron chi connectivity index (χ0n) is 13.8. The topological polar surface area (TPSA) is 66.5 Å². The molecule has 2 amide bonds. The number of aromatic nitrogens is 1. The van der Waals surface area contributed by atoms with Gasteiger partial charge in [-0.2, -0.15) is 0 Å². The van der Waals surface area contributed by atoms with Gasteiger partial charge in [0, 0.05) is 38.5 Å². The average Bonchev–Trinajstić information content (AvgIpc) is 3.04. The van der Waals surface area contributed by atoms with Gasteiger partial charge in [-0.25, -0.2) is 9.78 Å². The van der Waals surface area contributed by atoms with E-state index in [0.717, 1.165) is 51.3 Å². The van der Waals surface area contributed by atoms with Gasteiger partial charge in [-0.05, 0) is 43.7 Å². The number of amides is 2. The number of carbonyl (C=O) groups excluding carboxylic acids is 1. The Morgan fingerprint density at radius 1 is 1.35 bits per heavy atom. The first-order valence-corrected chi connectivity index (χ1v) is 8.49. The van der Waals surface area contributed by atoms with Crippen molar-refractivity contribution in [1.29, 1.82) is 0 Å². The number of nitrogens with one attached hydrogen (secondary N) is 2. The summed E-state index contributed by atoms with van der Waals surface area (Å²) in [6.45, 7) is 7.02. The summed E-state index contributed by atoms with van der Waals surface area (Å²) < 4.78 is 5.44. The van der Waals surface area contributed by atoms with Gasteiger partial charge in [0.05, 0.1) is 6.61 Å². The third-order valence-electron chi connectivity index (χ3n) is 4.62. The van der Waals surface area contributed by atoms with Crippen LogP contribution in [0.4, 0.5) is 10.6 Å². The smallest absolute Gasteiger partial charge is 0.320 e. The number of hydrogen-bond acceptors (Lipinski definition) is 4. The Bertz CT molecular complexity index is 506. The summed E-state index contributed by atoms with van der Waals surface area (Å²) >= 11 is 0. The van der Waals surface area contributed by atoms with E-state index in [9.17, 15) is 4.79 Å². The van der Waals surface area contributed by atoms with Gasteiger partial charge in [-0.3, -0.25) is 5.32 Å². The Kier molecular flexibility index (Phi) is 5.46. The summed E-state index contributed by atoms with van der Waals surface area (Å²) in [5.74, 6) is 1.28. The number of piperidine rings is 1. The summed E-state index contributed by atoms with van der Waals surface area (Å²) in [6.07, 6.45) is 4.94. The molecule has 0 bridgehead atoms. The van der Waals surface area contributed by atoms with Crippen LogP contribution >= 0.6 is 0 Å². The maximum atomic E-state index is 12.0. The molecule has 1 atom stereocenters. The van der Waals surface area contributed by atoms with Crippen LogP contribution in [0.15, 0.2) is 18.3 Å². The largest absolute Gasteiger partial charge is 0.381 e. The molecule has 1 aromatic rings. The second-order valence-corrected chi connectivity index (χ2v) is 6.62. The van der Waals surface area contributed by atoms with Gasteiger partial charge in [-0.15, -0.1) is 0 Å². The quantitative estimate of drug-likeness (QED) is 0.891. The van der Waals surface area contributed by atoms with Crippen LogP contribution in [-0.2, 0) is 4.74 Å². The fourth-order valence-corrected chi connectivity index (χ4v) is 3.23. The zero-order valence-corrected chi connectivity index (χ0v) is 13.8. The standard InChI is InChI=1S/C17H26N4O2/c1-13-2-3-16(18-10-13)20-17(22)19-15-4-7-21(8-5-15)11-14-6-9-23-12-14/h2-3,10,14-15H,4-9,11-12H2,1H3,(H2,18,19,20,22). The molecule has 6 heteroatoms. The minimum atomic E-state index is -0.163. The Hall–Kier alpha value is -1.66. The van der Waals surface area contributed by atoms with Crippen molar-refractivity contribution < 1.29 is 9.53 Å². The second-order valence-electron chi connectivity index (χ2n) is 6.62. The van der Waals surface area contributed by atoms with Crippen LogP contribution in [0.3, 0.4) is 0 Å². The van der Waals surface area contributed by atoms with Crippen molar-refractivity contribution in [2.45, 2.75) is 32.2 Å². The van der Waals surface area contributed by atoms with E-state index < -0.39 is 0 Å². The molecule has 2 saturated heterocycles. The lowest BCUT2D eigenvalue weighted by molar-refractivity contribution is 0.148. The molecule has 1 aromatic heterocycles. The SMILES string of the molecule is Cc1ccc(NC(=O)NC2CCN(CC3CCOC3)CC2)nc1. The number of anilines is 1. The maximum Gasteiger partial charge on any atom is 0.320 e. The van der Waals surface area contributed by atoms with Crippen LogP contribution in [0.2, 0.25) is 0 Å². The lowest BCUT2D eigenvalue weighted by Crippen LogP contribution is -2.47. The summed E-state index contributed by atoms with van der Waals surface area (Å²) in [6, 6.07) is 3.84. The van der Waals surface area contributed by atoms with Crippen LogP contribution in [0.1, 0.15) is 24.8 Å². The van der Waals surface area contributed by atoms with Crippen molar-refractivity contribution in [2.24, 2.45) is 5.92 Å². The Labute approximate surface area is 137 Å². The van der Waals surface area contributed by atoms with E-state index >= 15 is 0 Å². The molecule has 0 aromatic carbocycles. The van der Waals surface area contributed by atoms with Gasteiger partial charge in [0.1, 0.15) is 5.82 Å². The Morgan fingerprint density at radius 2 is 2.17 bits per heavy atom. The van der Waals surface area contributed by atoms with Crippen LogP contribution in [0, 0.1) is 12.8 Å². The molecule has 0 aliphatic carbocycles. The van der Waals surface area contributed by atoms with E-state index in [-0.39, 0.29) is 12.1 Å². The molecule has 3 heterocycles. The highest BCUT2D eigenvalue weighted by Gasteiger charge is 2.24. The monoisotopic (exact) mass is 318 g/mol. The predicted octanol–water partition coefficient (Wildman–Crippen LogP) is 2.01. The summed E-state index contributed by atoms with van der Waals surface area (Å²) in [5, 5.41) is 5.85. The first-order chi connectivity index (χ1) is 11.2. The Balaban J connectivity index is 1.37. The molecule has 3 rings (SSSR count). The highest BCUT2D eigenvalue weighted by Crippen LogP contribution is 2.17. The summed E-state index contributed by atoms with van der Waals surface area (Å²) in [4.78, 5) is 18.7. The number of nitrogens with zero attached hydrogens (tertiary/aromatic N) is 2. The third-order valence-corrected chi connectivity index (χ3v) is 4.62.